The van der Waals surface area contributed by atoms with Gasteiger partial charge in [0.1, 0.15) is 5.52 Å². The number of hydrogen-bond acceptors (Lipinski definition) is 5. The zero-order valence-corrected chi connectivity index (χ0v) is 16.4. The number of benzene rings is 2. The fraction of sp³-hybridized carbons (Fsp3) is 0.381. The van der Waals surface area contributed by atoms with Crippen LogP contribution in [-0.2, 0) is 6.54 Å². The maximum absolute atomic E-state index is 12.9. The zero-order chi connectivity index (χ0) is 19.5. The van der Waals surface area contributed by atoms with Crippen molar-refractivity contribution in [1.82, 2.24) is 19.9 Å². The number of likely N-dealkylation sites (N-methyl/N-ethyl adjacent to an activating group) is 1. The van der Waals surface area contributed by atoms with Crippen molar-refractivity contribution in [3.05, 3.63) is 48.0 Å². The predicted octanol–water partition coefficient (Wildman–Crippen LogP) is 2.85. The number of amides is 1. The van der Waals surface area contributed by atoms with Gasteiger partial charge in [-0.1, -0.05) is 24.3 Å². The Morgan fingerprint density at radius 2 is 1.82 bits per heavy atom. The Labute approximate surface area is 164 Å². The van der Waals surface area contributed by atoms with Gasteiger partial charge in [-0.05, 0) is 43.8 Å². The second kappa shape index (κ2) is 7.98. The first-order valence-corrected chi connectivity index (χ1v) is 9.90. The highest BCUT2D eigenvalue weighted by Crippen LogP contribution is 2.27. The molecule has 146 valence electrons. The van der Waals surface area contributed by atoms with Gasteiger partial charge in [-0.2, -0.15) is 0 Å². The van der Waals surface area contributed by atoms with Crippen molar-refractivity contribution in [1.29, 1.82) is 0 Å². The van der Waals surface area contributed by atoms with E-state index in [1.807, 2.05) is 41.9 Å². The second-order valence-corrected chi connectivity index (χ2v) is 7.00. The van der Waals surface area contributed by atoms with Gasteiger partial charge in [-0.3, -0.25) is 4.79 Å². The van der Waals surface area contributed by atoms with E-state index in [1.54, 1.807) is 6.07 Å². The van der Waals surface area contributed by atoms with Gasteiger partial charge < -0.3 is 15.1 Å². The first-order valence-electron chi connectivity index (χ1n) is 9.90. The Morgan fingerprint density at radius 1 is 1.04 bits per heavy atom. The van der Waals surface area contributed by atoms with Gasteiger partial charge in [0.05, 0.1) is 16.9 Å². The summed E-state index contributed by atoms with van der Waals surface area (Å²) in [7, 11) is 0. The van der Waals surface area contributed by atoms with Crippen molar-refractivity contribution in [3.63, 3.8) is 0 Å². The number of nitrogens with one attached hydrogen (secondary N) is 1. The normalized spacial score (nSPS) is 15.1. The number of carbonyl (C=O) groups is 1. The van der Waals surface area contributed by atoms with Gasteiger partial charge in [0.2, 0.25) is 0 Å². The summed E-state index contributed by atoms with van der Waals surface area (Å²) >= 11 is 0. The maximum Gasteiger partial charge on any atom is 0.255 e. The van der Waals surface area contributed by atoms with Crippen molar-refractivity contribution in [2.24, 2.45) is 0 Å². The third-order valence-electron chi connectivity index (χ3n) is 5.39. The number of aryl methyl sites for hydroxylation is 1. The van der Waals surface area contributed by atoms with Crippen LogP contribution in [0.3, 0.4) is 0 Å². The van der Waals surface area contributed by atoms with Gasteiger partial charge in [0, 0.05) is 38.3 Å². The Balaban J connectivity index is 1.54. The molecular formula is C21H26N6O. The van der Waals surface area contributed by atoms with E-state index >= 15 is 0 Å². The van der Waals surface area contributed by atoms with Crippen LogP contribution in [0.15, 0.2) is 42.5 Å². The molecule has 0 bridgehead atoms. The average Bonchev–Trinajstić information content (AvgIpc) is 3.16. The monoisotopic (exact) mass is 378 g/mol. The molecule has 1 aliphatic rings. The number of para-hydroxylation sites is 2. The standard InChI is InChI=1S/C21H26N6O/c1-3-25-11-13-26(14-12-25)19-8-6-5-7-17(19)22-21(28)16-9-10-20-18(15-16)23-24-27(20)4-2/h5-10,15H,3-4,11-14H2,1-2H3,(H,22,28). The first-order chi connectivity index (χ1) is 13.7. The fourth-order valence-electron chi connectivity index (χ4n) is 3.70. The summed E-state index contributed by atoms with van der Waals surface area (Å²) in [6.07, 6.45) is 0. The molecule has 7 heteroatoms. The van der Waals surface area contributed by atoms with Gasteiger partial charge in [0.25, 0.3) is 5.91 Å². The van der Waals surface area contributed by atoms with Crippen molar-refractivity contribution < 1.29 is 4.79 Å². The van der Waals surface area contributed by atoms with E-state index in [-0.39, 0.29) is 5.91 Å². The summed E-state index contributed by atoms with van der Waals surface area (Å²) in [5, 5.41) is 11.4. The number of anilines is 2. The third kappa shape index (κ3) is 3.57. The molecule has 1 aliphatic heterocycles. The Morgan fingerprint density at radius 3 is 2.57 bits per heavy atom. The van der Waals surface area contributed by atoms with Crippen LogP contribution in [0.4, 0.5) is 11.4 Å². The first kappa shape index (κ1) is 18.4. The van der Waals surface area contributed by atoms with Crippen LogP contribution in [0, 0.1) is 0 Å². The molecule has 2 aromatic carbocycles. The lowest BCUT2D eigenvalue weighted by Gasteiger charge is -2.36. The van der Waals surface area contributed by atoms with Crippen LogP contribution in [0.1, 0.15) is 24.2 Å². The quantitative estimate of drug-likeness (QED) is 0.740. The summed E-state index contributed by atoms with van der Waals surface area (Å²) in [6, 6.07) is 13.5. The summed E-state index contributed by atoms with van der Waals surface area (Å²) in [4.78, 5) is 17.7. The van der Waals surface area contributed by atoms with Gasteiger partial charge >= 0.3 is 0 Å². The number of nitrogens with zero attached hydrogens (tertiary/aromatic N) is 5. The smallest absolute Gasteiger partial charge is 0.255 e. The van der Waals surface area contributed by atoms with Gasteiger partial charge in [-0.15, -0.1) is 5.10 Å². The summed E-state index contributed by atoms with van der Waals surface area (Å²) in [5.41, 5.74) is 4.17. The van der Waals surface area contributed by atoms with Crippen molar-refractivity contribution in [3.8, 4) is 0 Å². The molecule has 0 radical (unpaired) electrons. The largest absolute Gasteiger partial charge is 0.367 e. The van der Waals surface area contributed by atoms with E-state index in [4.69, 9.17) is 0 Å². The number of fused-ring (bicyclic) bond motifs is 1. The van der Waals surface area contributed by atoms with Crippen LogP contribution in [0.25, 0.3) is 11.0 Å². The molecule has 0 atom stereocenters. The highest BCUT2D eigenvalue weighted by atomic mass is 16.1. The lowest BCUT2D eigenvalue weighted by molar-refractivity contribution is 0.102. The number of carbonyl (C=O) groups excluding carboxylic acids is 1. The number of aromatic nitrogens is 3. The molecule has 4 rings (SSSR count). The molecule has 1 amide bonds. The minimum Gasteiger partial charge on any atom is -0.367 e. The Hall–Kier alpha value is -2.93. The predicted molar refractivity (Wildman–Crippen MR) is 112 cm³/mol. The van der Waals surface area contributed by atoms with E-state index in [9.17, 15) is 4.79 Å². The summed E-state index contributed by atoms with van der Waals surface area (Å²) in [5.74, 6) is -0.132. The van der Waals surface area contributed by atoms with Gasteiger partial charge in [0.15, 0.2) is 0 Å². The van der Waals surface area contributed by atoms with Crippen molar-refractivity contribution >= 4 is 28.3 Å². The minimum atomic E-state index is -0.132. The van der Waals surface area contributed by atoms with Crippen LogP contribution in [0.2, 0.25) is 0 Å². The van der Waals surface area contributed by atoms with Crippen molar-refractivity contribution in [2.75, 3.05) is 42.9 Å². The molecule has 0 saturated carbocycles. The Bertz CT molecular complexity index is 974. The van der Waals surface area contributed by atoms with E-state index in [1.165, 1.54) is 0 Å². The van der Waals surface area contributed by atoms with E-state index in [0.717, 1.165) is 61.7 Å². The summed E-state index contributed by atoms with van der Waals surface area (Å²) in [6.45, 7) is 10.1. The molecule has 1 saturated heterocycles. The van der Waals surface area contributed by atoms with Gasteiger partial charge in [-0.25, -0.2) is 4.68 Å². The molecule has 0 unspecified atom stereocenters. The Kier molecular flexibility index (Phi) is 5.25. The topological polar surface area (TPSA) is 66.3 Å². The zero-order valence-electron chi connectivity index (χ0n) is 16.4. The van der Waals surface area contributed by atoms with E-state index in [2.05, 4.69) is 38.4 Å². The van der Waals surface area contributed by atoms with E-state index in [0.29, 0.717) is 5.56 Å². The molecule has 1 aromatic heterocycles. The lowest BCUT2D eigenvalue weighted by atomic mass is 10.1. The fourth-order valence-corrected chi connectivity index (χ4v) is 3.70. The van der Waals surface area contributed by atoms with Crippen LogP contribution in [0.5, 0.6) is 0 Å². The number of hydrogen-bond donors (Lipinski definition) is 1. The molecule has 2 heterocycles. The van der Waals surface area contributed by atoms with Crippen LogP contribution >= 0.6 is 0 Å². The molecule has 7 nitrogen and oxygen atoms in total. The van der Waals surface area contributed by atoms with Crippen molar-refractivity contribution in [2.45, 2.75) is 20.4 Å². The SMILES string of the molecule is CCN1CCN(c2ccccc2NC(=O)c2ccc3c(c2)nnn3CC)CC1. The molecule has 0 aliphatic carbocycles. The molecule has 28 heavy (non-hydrogen) atoms. The number of rotatable bonds is 5. The average molecular weight is 378 g/mol. The molecular weight excluding hydrogens is 352 g/mol. The molecule has 1 fully saturated rings. The third-order valence-corrected chi connectivity index (χ3v) is 5.39. The minimum absolute atomic E-state index is 0.132. The molecule has 1 N–H and O–H groups in total. The molecule has 3 aromatic rings. The van der Waals surface area contributed by atoms with Crippen LogP contribution in [-0.4, -0.2) is 58.5 Å². The number of piperazine rings is 1. The van der Waals surface area contributed by atoms with E-state index < -0.39 is 0 Å². The lowest BCUT2D eigenvalue weighted by Crippen LogP contribution is -2.46. The highest BCUT2D eigenvalue weighted by molar-refractivity contribution is 6.07. The van der Waals surface area contributed by atoms with Crippen LogP contribution < -0.4 is 10.2 Å². The molecule has 0 spiro atoms. The summed E-state index contributed by atoms with van der Waals surface area (Å²) < 4.78 is 1.82. The maximum atomic E-state index is 12.9. The highest BCUT2D eigenvalue weighted by Gasteiger charge is 2.19. The second-order valence-electron chi connectivity index (χ2n) is 7.00.